The van der Waals surface area contributed by atoms with Crippen molar-refractivity contribution in [2.45, 2.75) is 25.3 Å². The van der Waals surface area contributed by atoms with Crippen molar-refractivity contribution < 1.29 is 4.79 Å². The number of nitrogens with zero attached hydrogens (tertiary/aromatic N) is 4. The molecule has 0 fully saturated rings. The van der Waals surface area contributed by atoms with Gasteiger partial charge < -0.3 is 5.32 Å². The van der Waals surface area contributed by atoms with Gasteiger partial charge in [0.1, 0.15) is 6.04 Å². The smallest absolute Gasteiger partial charge is 0.226 e. The van der Waals surface area contributed by atoms with Crippen LogP contribution in [-0.2, 0) is 4.79 Å². The number of carbonyl (C=O) groups excluding carboxylic acids is 1. The van der Waals surface area contributed by atoms with E-state index in [1.165, 1.54) is 0 Å². The van der Waals surface area contributed by atoms with Crippen LogP contribution in [0.2, 0.25) is 5.02 Å². The van der Waals surface area contributed by atoms with E-state index in [2.05, 4.69) is 15.3 Å². The summed E-state index contributed by atoms with van der Waals surface area (Å²) in [5.41, 5.74) is 3.54. The number of pyridine rings is 1. The third kappa shape index (κ3) is 2.73. The molecule has 2 aliphatic rings. The average molecular weight is 378 g/mol. The highest BCUT2D eigenvalue weighted by Gasteiger charge is 2.36. The number of fused-ring (bicyclic) bond motifs is 1. The van der Waals surface area contributed by atoms with Crippen LogP contribution in [0.25, 0.3) is 11.4 Å². The second-order valence-electron chi connectivity index (χ2n) is 6.69. The van der Waals surface area contributed by atoms with E-state index in [0.29, 0.717) is 23.2 Å². The molecule has 0 saturated carbocycles. The highest BCUT2D eigenvalue weighted by Crippen LogP contribution is 2.40. The second-order valence-corrected chi connectivity index (χ2v) is 7.13. The third-order valence-electron chi connectivity index (χ3n) is 4.97. The van der Waals surface area contributed by atoms with Gasteiger partial charge in [0.15, 0.2) is 11.6 Å². The van der Waals surface area contributed by atoms with Crippen LogP contribution in [0.1, 0.15) is 30.9 Å². The first kappa shape index (κ1) is 16.2. The van der Waals surface area contributed by atoms with Gasteiger partial charge in [-0.05, 0) is 42.7 Å². The molecule has 7 heteroatoms. The Balaban J connectivity index is 1.68. The van der Waals surface area contributed by atoms with E-state index in [4.69, 9.17) is 16.7 Å². The number of hydrogen-bond acceptors (Lipinski definition) is 5. The Kier molecular flexibility index (Phi) is 3.79. The summed E-state index contributed by atoms with van der Waals surface area (Å²) in [6.45, 7) is 0. The molecule has 0 saturated heterocycles. The predicted molar refractivity (Wildman–Crippen MR) is 102 cm³/mol. The Morgan fingerprint density at radius 3 is 2.81 bits per heavy atom. The van der Waals surface area contributed by atoms with Crippen molar-refractivity contribution in [3.05, 3.63) is 70.6 Å². The summed E-state index contributed by atoms with van der Waals surface area (Å²) in [6, 6.07) is 11.0. The third-order valence-corrected chi connectivity index (χ3v) is 5.21. The van der Waals surface area contributed by atoms with Crippen molar-refractivity contribution in [3.63, 3.8) is 0 Å². The van der Waals surface area contributed by atoms with E-state index < -0.39 is 0 Å². The summed E-state index contributed by atoms with van der Waals surface area (Å²) in [7, 11) is 0. The first-order valence-corrected chi connectivity index (χ1v) is 9.24. The topological polar surface area (TPSA) is 72.7 Å². The Labute approximate surface area is 160 Å². The maximum atomic E-state index is 12.8. The molecular formula is C20H16ClN5O. The van der Waals surface area contributed by atoms with E-state index in [9.17, 15) is 4.79 Å². The molecule has 3 aromatic rings. The van der Waals surface area contributed by atoms with Gasteiger partial charge in [-0.1, -0.05) is 23.7 Å². The van der Waals surface area contributed by atoms with E-state index in [1.54, 1.807) is 17.1 Å². The van der Waals surface area contributed by atoms with Crippen LogP contribution in [0, 0.1) is 0 Å². The zero-order valence-electron chi connectivity index (χ0n) is 14.4. The van der Waals surface area contributed by atoms with Crippen LogP contribution in [0.5, 0.6) is 0 Å². The molecule has 1 aromatic carbocycles. The SMILES string of the molecule is O=C1CCCC2=C1[C@H](c1ccncc1)n1nc(-c3cccc(Cl)c3)nc1N2. The molecule has 6 nitrogen and oxygen atoms in total. The lowest BCUT2D eigenvalue weighted by Crippen LogP contribution is -2.31. The van der Waals surface area contributed by atoms with Crippen molar-refractivity contribution in [1.82, 2.24) is 19.7 Å². The zero-order valence-corrected chi connectivity index (χ0v) is 15.1. The summed E-state index contributed by atoms with van der Waals surface area (Å²) in [4.78, 5) is 21.5. The number of nitrogens with one attached hydrogen (secondary N) is 1. The molecule has 0 amide bonds. The number of anilines is 1. The van der Waals surface area contributed by atoms with Crippen LogP contribution in [0.3, 0.4) is 0 Å². The highest BCUT2D eigenvalue weighted by atomic mass is 35.5. The zero-order chi connectivity index (χ0) is 18.4. The number of ketones is 1. The van der Waals surface area contributed by atoms with E-state index in [-0.39, 0.29) is 11.8 Å². The standard InChI is InChI=1S/C20H16ClN5O/c21-14-4-1-3-13(11-14)19-24-20-23-15-5-2-6-16(27)17(15)18(26(20)25-19)12-7-9-22-10-8-12/h1,3-4,7-11,18H,2,5-6H2,(H,23,24,25)/t18-/m0/s1. The average Bonchev–Trinajstić information content (AvgIpc) is 3.11. The van der Waals surface area contributed by atoms with Crippen LogP contribution < -0.4 is 5.32 Å². The predicted octanol–water partition coefficient (Wildman–Crippen LogP) is 4.02. The quantitative estimate of drug-likeness (QED) is 0.730. The first-order chi connectivity index (χ1) is 13.2. The molecule has 1 aliphatic carbocycles. The second kappa shape index (κ2) is 6.32. The summed E-state index contributed by atoms with van der Waals surface area (Å²) in [6.07, 6.45) is 5.72. The molecule has 1 atom stereocenters. The largest absolute Gasteiger partial charge is 0.328 e. The van der Waals surface area contributed by atoms with E-state index >= 15 is 0 Å². The Hall–Kier alpha value is -2.99. The fraction of sp³-hybridized carbons (Fsp3) is 0.200. The minimum Gasteiger partial charge on any atom is -0.328 e. The van der Waals surface area contributed by atoms with Crippen LogP contribution >= 0.6 is 11.6 Å². The van der Waals surface area contributed by atoms with Crippen molar-refractivity contribution in [2.24, 2.45) is 0 Å². The van der Waals surface area contributed by atoms with Gasteiger partial charge in [-0.15, -0.1) is 5.10 Å². The Morgan fingerprint density at radius 1 is 1.15 bits per heavy atom. The summed E-state index contributed by atoms with van der Waals surface area (Å²) in [5, 5.41) is 8.69. The van der Waals surface area contributed by atoms with E-state index in [1.807, 2.05) is 36.4 Å². The fourth-order valence-corrected chi connectivity index (χ4v) is 3.95. The van der Waals surface area contributed by atoms with Crippen molar-refractivity contribution in [2.75, 3.05) is 5.32 Å². The van der Waals surface area contributed by atoms with Gasteiger partial charge in [0, 0.05) is 40.7 Å². The van der Waals surface area contributed by atoms with Crippen molar-refractivity contribution in [1.29, 1.82) is 0 Å². The normalized spacial score (nSPS) is 18.7. The molecule has 1 N–H and O–H groups in total. The summed E-state index contributed by atoms with van der Waals surface area (Å²) in [5.74, 6) is 1.38. The molecule has 2 aromatic heterocycles. The molecule has 0 spiro atoms. The van der Waals surface area contributed by atoms with Gasteiger partial charge in [0.05, 0.1) is 0 Å². The molecule has 0 unspecified atom stereocenters. The summed E-state index contributed by atoms with van der Waals surface area (Å²) >= 11 is 6.13. The van der Waals surface area contributed by atoms with Crippen LogP contribution in [0.15, 0.2) is 60.1 Å². The number of aromatic nitrogens is 4. The van der Waals surface area contributed by atoms with Crippen molar-refractivity contribution in [3.8, 4) is 11.4 Å². The molecule has 0 bridgehead atoms. The van der Waals surface area contributed by atoms with Gasteiger partial charge >= 0.3 is 0 Å². The number of Topliss-reactive ketones (excluding diaryl/α,β-unsaturated/α-hetero) is 1. The van der Waals surface area contributed by atoms with Gasteiger partial charge in [-0.25, -0.2) is 4.68 Å². The monoisotopic (exact) mass is 377 g/mol. The van der Waals surface area contributed by atoms with E-state index in [0.717, 1.165) is 35.2 Å². The van der Waals surface area contributed by atoms with Gasteiger partial charge in [-0.3, -0.25) is 9.78 Å². The lowest BCUT2D eigenvalue weighted by molar-refractivity contribution is -0.116. The maximum Gasteiger partial charge on any atom is 0.226 e. The highest BCUT2D eigenvalue weighted by molar-refractivity contribution is 6.30. The number of carbonyl (C=O) groups is 1. The fourth-order valence-electron chi connectivity index (χ4n) is 3.76. The van der Waals surface area contributed by atoms with Crippen LogP contribution in [-0.4, -0.2) is 25.5 Å². The lowest BCUT2D eigenvalue weighted by atomic mass is 9.86. The first-order valence-electron chi connectivity index (χ1n) is 8.86. The number of allylic oxidation sites excluding steroid dienone is 2. The number of benzene rings is 1. The van der Waals surface area contributed by atoms with Crippen LogP contribution in [0.4, 0.5) is 5.95 Å². The number of rotatable bonds is 2. The molecule has 134 valence electrons. The Bertz CT molecular complexity index is 1070. The number of halogens is 1. The van der Waals surface area contributed by atoms with Gasteiger partial charge in [-0.2, -0.15) is 4.98 Å². The minimum absolute atomic E-state index is 0.163. The molecule has 1 aliphatic heterocycles. The van der Waals surface area contributed by atoms with Gasteiger partial charge in [0.25, 0.3) is 0 Å². The van der Waals surface area contributed by atoms with Crippen molar-refractivity contribution >= 4 is 23.3 Å². The lowest BCUT2D eigenvalue weighted by Gasteiger charge is -2.32. The molecular weight excluding hydrogens is 362 g/mol. The van der Waals surface area contributed by atoms with Gasteiger partial charge in [0.2, 0.25) is 5.95 Å². The summed E-state index contributed by atoms with van der Waals surface area (Å²) < 4.78 is 1.80. The molecule has 5 rings (SSSR count). The Morgan fingerprint density at radius 2 is 2.00 bits per heavy atom. The number of hydrogen-bond donors (Lipinski definition) is 1. The molecule has 3 heterocycles. The maximum absolute atomic E-state index is 12.8. The molecule has 27 heavy (non-hydrogen) atoms. The minimum atomic E-state index is -0.299. The molecule has 0 radical (unpaired) electrons.